The van der Waals surface area contributed by atoms with Crippen LogP contribution in [0.3, 0.4) is 0 Å². The lowest BCUT2D eigenvalue weighted by atomic mass is 9.88. The van der Waals surface area contributed by atoms with Crippen LogP contribution in [0.2, 0.25) is 0 Å². The molecule has 9 nitrogen and oxygen atoms in total. The van der Waals surface area contributed by atoms with Crippen LogP contribution >= 0.6 is 15.9 Å². The fourth-order valence-electron chi connectivity index (χ4n) is 4.69. The number of halogens is 1. The van der Waals surface area contributed by atoms with Crippen molar-refractivity contribution in [3.8, 4) is 5.75 Å². The smallest absolute Gasteiger partial charge is 0.229 e. The van der Waals surface area contributed by atoms with Crippen LogP contribution in [0, 0.1) is 17.8 Å². The maximum atomic E-state index is 12.0. The summed E-state index contributed by atoms with van der Waals surface area (Å²) in [6.45, 7) is 0.610. The Hall–Kier alpha value is -3.40. The molecule has 10 heteroatoms. The zero-order valence-corrected chi connectivity index (χ0v) is 19.6. The molecule has 0 unspecified atom stereocenters. The largest absolute Gasteiger partial charge is 0.497 e. The van der Waals surface area contributed by atoms with E-state index in [1.165, 1.54) is 0 Å². The highest BCUT2D eigenvalue weighted by molar-refractivity contribution is 9.10. The first-order valence-electron chi connectivity index (χ1n) is 10.7. The fraction of sp³-hybridized carbons (Fsp3) is 0.304. The molecule has 0 spiro atoms. The molecular weight excluding hydrogens is 486 g/mol. The van der Waals surface area contributed by atoms with Gasteiger partial charge in [-0.15, -0.1) is 0 Å². The molecular formula is C23H24BrN7O2. The van der Waals surface area contributed by atoms with Crippen molar-refractivity contribution < 1.29 is 9.53 Å². The minimum atomic E-state index is -0.281. The standard InChI is InChI=1S/C23H24BrN7O2/c1-33-17-4-2-3-13(7-17)11-31-12-16(9-27-31)28-23-26-10-18(24)22(30-23)29-20-15-6-5-14(8-15)19(20)21(25)32/h2-7,9-10,12,14-15,19-20H,8,11H2,1H3,(H2,25,32)(H2,26,28,29,30)/t14-,15+,19+,20-/m1/s1. The van der Waals surface area contributed by atoms with Gasteiger partial charge in [-0.1, -0.05) is 24.3 Å². The van der Waals surface area contributed by atoms with Gasteiger partial charge >= 0.3 is 0 Å². The van der Waals surface area contributed by atoms with E-state index in [0.717, 1.165) is 27.9 Å². The van der Waals surface area contributed by atoms with Gasteiger partial charge in [-0.05, 0) is 51.9 Å². The molecule has 1 fully saturated rings. The van der Waals surface area contributed by atoms with Crippen LogP contribution in [0.4, 0.5) is 17.5 Å². The fourth-order valence-corrected chi connectivity index (χ4v) is 5.00. The third kappa shape index (κ3) is 4.43. The minimum absolute atomic E-state index is 0.0813. The summed E-state index contributed by atoms with van der Waals surface area (Å²) in [6, 6.07) is 7.79. The quantitative estimate of drug-likeness (QED) is 0.398. The number of allylic oxidation sites excluding steroid dienone is 1. The summed E-state index contributed by atoms with van der Waals surface area (Å²) < 4.78 is 7.83. The Morgan fingerprint density at radius 2 is 2.15 bits per heavy atom. The average molecular weight is 510 g/mol. The number of fused-ring (bicyclic) bond motifs is 2. The van der Waals surface area contributed by atoms with Crippen LogP contribution in [-0.2, 0) is 11.3 Å². The van der Waals surface area contributed by atoms with Crippen LogP contribution in [0.5, 0.6) is 5.75 Å². The lowest BCUT2D eigenvalue weighted by molar-refractivity contribution is -0.122. The van der Waals surface area contributed by atoms with Gasteiger partial charge in [0.15, 0.2) is 0 Å². The van der Waals surface area contributed by atoms with E-state index in [9.17, 15) is 4.79 Å². The molecule has 2 aliphatic rings. The number of methoxy groups -OCH3 is 1. The zero-order chi connectivity index (χ0) is 22.9. The topological polar surface area (TPSA) is 120 Å². The Labute approximate surface area is 199 Å². The molecule has 170 valence electrons. The molecule has 0 radical (unpaired) electrons. The normalized spacial score (nSPS) is 23.0. The molecule has 1 amide bonds. The molecule has 2 bridgehead atoms. The predicted octanol–water partition coefficient (Wildman–Crippen LogP) is 3.32. The Bertz CT molecular complexity index is 1210. The van der Waals surface area contributed by atoms with E-state index >= 15 is 0 Å². The monoisotopic (exact) mass is 509 g/mol. The molecule has 0 saturated heterocycles. The first-order valence-corrected chi connectivity index (χ1v) is 11.5. The number of ether oxygens (including phenoxy) is 1. The van der Waals surface area contributed by atoms with Gasteiger partial charge in [-0.3, -0.25) is 9.48 Å². The van der Waals surface area contributed by atoms with Crippen LogP contribution in [0.1, 0.15) is 12.0 Å². The van der Waals surface area contributed by atoms with E-state index in [4.69, 9.17) is 10.5 Å². The van der Waals surface area contributed by atoms with E-state index < -0.39 is 0 Å². The second kappa shape index (κ2) is 8.86. The molecule has 2 aliphatic carbocycles. The van der Waals surface area contributed by atoms with Crippen molar-refractivity contribution in [2.45, 2.75) is 19.0 Å². The maximum absolute atomic E-state index is 12.0. The summed E-state index contributed by atoms with van der Waals surface area (Å²) in [5.41, 5.74) is 7.54. The van der Waals surface area contributed by atoms with Crippen molar-refractivity contribution in [2.75, 3.05) is 17.7 Å². The number of rotatable bonds is 8. The summed E-state index contributed by atoms with van der Waals surface area (Å²) >= 11 is 3.51. The molecule has 3 aromatic rings. The SMILES string of the molecule is COc1cccc(Cn2cc(Nc3ncc(Br)c(N[C@H]4[C@@H](C(N)=O)[C@@H]5C=C[C@H]4C5)n3)cn2)c1. The van der Waals surface area contributed by atoms with Gasteiger partial charge in [0.25, 0.3) is 0 Å². The Kier molecular flexibility index (Phi) is 5.76. The van der Waals surface area contributed by atoms with Gasteiger partial charge in [0.2, 0.25) is 11.9 Å². The Morgan fingerprint density at radius 3 is 2.97 bits per heavy atom. The summed E-state index contributed by atoms with van der Waals surface area (Å²) in [7, 11) is 1.65. The molecule has 2 heterocycles. The van der Waals surface area contributed by atoms with Gasteiger partial charge in [0.1, 0.15) is 11.6 Å². The van der Waals surface area contributed by atoms with Gasteiger partial charge in [-0.2, -0.15) is 10.1 Å². The van der Waals surface area contributed by atoms with Crippen molar-refractivity contribution in [1.29, 1.82) is 0 Å². The van der Waals surface area contributed by atoms with Gasteiger partial charge < -0.3 is 21.1 Å². The number of nitrogens with one attached hydrogen (secondary N) is 2. The predicted molar refractivity (Wildman–Crippen MR) is 128 cm³/mol. The Balaban J connectivity index is 1.29. The summed E-state index contributed by atoms with van der Waals surface area (Å²) in [5, 5.41) is 11.0. The van der Waals surface area contributed by atoms with E-state index in [0.29, 0.717) is 18.3 Å². The third-order valence-corrected chi connectivity index (χ3v) is 6.78. The van der Waals surface area contributed by atoms with Crippen molar-refractivity contribution in [3.05, 3.63) is 65.0 Å². The number of nitrogens with zero attached hydrogens (tertiary/aromatic N) is 4. The first-order chi connectivity index (χ1) is 16.0. The average Bonchev–Trinajstić information content (AvgIpc) is 3.53. The molecule has 1 saturated carbocycles. The number of benzene rings is 1. The van der Waals surface area contributed by atoms with E-state index in [-0.39, 0.29) is 29.7 Å². The van der Waals surface area contributed by atoms with Crippen LogP contribution < -0.4 is 21.1 Å². The van der Waals surface area contributed by atoms with Gasteiger partial charge in [0, 0.05) is 18.4 Å². The number of hydrogen-bond donors (Lipinski definition) is 3. The second-order valence-electron chi connectivity index (χ2n) is 8.34. The number of anilines is 3. The molecule has 4 atom stereocenters. The van der Waals surface area contributed by atoms with Crippen LogP contribution in [-0.4, -0.2) is 38.8 Å². The highest BCUT2D eigenvalue weighted by Gasteiger charge is 2.47. The molecule has 1 aromatic carbocycles. The van der Waals surface area contributed by atoms with E-state index in [1.54, 1.807) is 19.5 Å². The number of carbonyl (C=O) groups excluding carboxylic acids is 1. The van der Waals surface area contributed by atoms with Crippen molar-refractivity contribution in [1.82, 2.24) is 19.7 Å². The van der Waals surface area contributed by atoms with E-state index in [2.05, 4.69) is 53.8 Å². The summed E-state index contributed by atoms with van der Waals surface area (Å²) in [4.78, 5) is 21.0. The molecule has 33 heavy (non-hydrogen) atoms. The van der Waals surface area contributed by atoms with Gasteiger partial charge in [-0.25, -0.2) is 4.98 Å². The summed E-state index contributed by atoms with van der Waals surface area (Å²) in [5.74, 6) is 1.79. The highest BCUT2D eigenvalue weighted by atomic mass is 79.9. The number of aromatic nitrogens is 4. The van der Waals surface area contributed by atoms with Gasteiger partial charge in [0.05, 0.1) is 35.9 Å². The van der Waals surface area contributed by atoms with Crippen molar-refractivity contribution >= 4 is 39.3 Å². The number of hydrogen-bond acceptors (Lipinski definition) is 7. The Morgan fingerprint density at radius 1 is 1.30 bits per heavy atom. The number of primary amides is 1. The molecule has 4 N–H and O–H groups in total. The van der Waals surface area contributed by atoms with Crippen LogP contribution in [0.25, 0.3) is 0 Å². The lowest BCUT2D eigenvalue weighted by Gasteiger charge is -2.27. The number of nitrogens with two attached hydrogens (primary N) is 1. The lowest BCUT2D eigenvalue weighted by Crippen LogP contribution is -2.41. The molecule has 0 aliphatic heterocycles. The van der Waals surface area contributed by atoms with E-state index in [1.807, 2.05) is 35.1 Å². The zero-order valence-electron chi connectivity index (χ0n) is 18.0. The first kappa shape index (κ1) is 21.4. The highest BCUT2D eigenvalue weighted by Crippen LogP contribution is 2.45. The van der Waals surface area contributed by atoms with Crippen molar-refractivity contribution in [2.24, 2.45) is 23.5 Å². The molecule has 2 aromatic heterocycles. The summed E-state index contributed by atoms with van der Waals surface area (Å²) in [6.07, 6.45) is 10.5. The number of carbonyl (C=O) groups is 1. The molecule has 5 rings (SSSR count). The maximum Gasteiger partial charge on any atom is 0.229 e. The second-order valence-corrected chi connectivity index (χ2v) is 9.19. The third-order valence-electron chi connectivity index (χ3n) is 6.20. The number of amides is 1. The minimum Gasteiger partial charge on any atom is -0.497 e. The van der Waals surface area contributed by atoms with Crippen molar-refractivity contribution in [3.63, 3.8) is 0 Å². The van der Waals surface area contributed by atoms with Crippen LogP contribution in [0.15, 0.2) is 59.5 Å².